The molecule has 0 aromatic rings. The van der Waals surface area contributed by atoms with E-state index >= 15 is 0 Å². The lowest BCUT2D eigenvalue weighted by atomic mass is 9.87. The van der Waals surface area contributed by atoms with Crippen LogP contribution in [0.15, 0.2) is 0 Å². The van der Waals surface area contributed by atoms with E-state index < -0.39 is 0 Å². The summed E-state index contributed by atoms with van der Waals surface area (Å²) in [6.45, 7) is 3.80. The predicted molar refractivity (Wildman–Crippen MR) is 35.0 cm³/mol. The van der Waals surface area contributed by atoms with Crippen LogP contribution in [0.1, 0.15) is 26.7 Å². The van der Waals surface area contributed by atoms with Gasteiger partial charge >= 0.3 is 0 Å². The van der Waals surface area contributed by atoms with Crippen LogP contribution >= 0.6 is 0 Å². The van der Waals surface area contributed by atoms with Gasteiger partial charge in [0, 0.05) is 5.41 Å². The van der Waals surface area contributed by atoms with Crippen LogP contribution in [0.4, 0.5) is 0 Å². The summed E-state index contributed by atoms with van der Waals surface area (Å²) in [5.41, 5.74) is -0.278. The fourth-order valence-electron chi connectivity index (χ4n) is 1.28. The van der Waals surface area contributed by atoms with Gasteiger partial charge in [0.25, 0.3) is 0 Å². The Morgan fingerprint density at radius 1 is 1.11 bits per heavy atom. The van der Waals surface area contributed by atoms with Crippen molar-refractivity contribution in [3.8, 4) is 0 Å². The Labute approximate surface area is 55.5 Å². The molecule has 0 aliphatic heterocycles. The Hall–Kier alpha value is -0.0800. The van der Waals surface area contributed by atoms with Crippen LogP contribution in [0.2, 0.25) is 0 Å². The maximum Gasteiger partial charge on any atom is 0.0616 e. The van der Waals surface area contributed by atoms with Crippen LogP contribution in [0.25, 0.3) is 0 Å². The largest absolute Gasteiger partial charge is 0.392 e. The van der Waals surface area contributed by atoms with Crippen molar-refractivity contribution in [1.29, 1.82) is 0 Å². The van der Waals surface area contributed by atoms with E-state index in [4.69, 9.17) is 0 Å². The molecule has 1 saturated carbocycles. The highest BCUT2D eigenvalue weighted by molar-refractivity contribution is 4.91. The summed E-state index contributed by atoms with van der Waals surface area (Å²) in [6, 6.07) is 0. The molecule has 2 N–H and O–H groups in total. The molecule has 0 aromatic heterocycles. The molecule has 0 saturated heterocycles. The van der Waals surface area contributed by atoms with Crippen molar-refractivity contribution >= 4 is 0 Å². The Balaban J connectivity index is 2.66. The molecule has 2 atom stereocenters. The summed E-state index contributed by atoms with van der Waals surface area (Å²) in [4.78, 5) is 0. The maximum absolute atomic E-state index is 9.27. The zero-order valence-electron chi connectivity index (χ0n) is 5.96. The van der Waals surface area contributed by atoms with Gasteiger partial charge in [-0.3, -0.25) is 0 Å². The number of hydrogen-bond donors (Lipinski definition) is 2. The van der Waals surface area contributed by atoms with E-state index in [1.165, 1.54) is 0 Å². The molecule has 9 heavy (non-hydrogen) atoms. The standard InChI is InChI=1S/C7H14O2/c1-7(2)5(8)3-4-6(7)9/h5-6,8-9H,3-4H2,1-2H3/t5-,6+. The van der Waals surface area contributed by atoms with E-state index in [-0.39, 0.29) is 17.6 Å². The summed E-state index contributed by atoms with van der Waals surface area (Å²) in [6.07, 6.45) is 0.863. The lowest BCUT2D eigenvalue weighted by Crippen LogP contribution is -2.32. The van der Waals surface area contributed by atoms with Gasteiger partial charge in [-0.25, -0.2) is 0 Å². The van der Waals surface area contributed by atoms with Crippen molar-refractivity contribution < 1.29 is 10.2 Å². The highest BCUT2D eigenvalue weighted by Crippen LogP contribution is 2.37. The maximum atomic E-state index is 9.27. The molecular formula is C7H14O2. The van der Waals surface area contributed by atoms with Gasteiger partial charge in [-0.15, -0.1) is 0 Å². The molecular weight excluding hydrogens is 116 g/mol. The van der Waals surface area contributed by atoms with Gasteiger partial charge in [0.05, 0.1) is 12.2 Å². The van der Waals surface area contributed by atoms with Crippen molar-refractivity contribution in [2.24, 2.45) is 5.41 Å². The van der Waals surface area contributed by atoms with Crippen LogP contribution in [0, 0.1) is 5.41 Å². The minimum atomic E-state index is -0.313. The summed E-state index contributed by atoms with van der Waals surface area (Å²) >= 11 is 0. The number of aliphatic hydroxyl groups excluding tert-OH is 2. The van der Waals surface area contributed by atoms with Gasteiger partial charge in [-0.05, 0) is 12.8 Å². The molecule has 1 fully saturated rings. The zero-order chi connectivity index (χ0) is 7.07. The summed E-state index contributed by atoms with van der Waals surface area (Å²) in [7, 11) is 0. The van der Waals surface area contributed by atoms with Crippen molar-refractivity contribution in [3.05, 3.63) is 0 Å². The first-order valence-electron chi connectivity index (χ1n) is 3.41. The second kappa shape index (κ2) is 1.96. The summed E-state index contributed by atoms with van der Waals surface area (Å²) < 4.78 is 0. The van der Waals surface area contributed by atoms with Crippen molar-refractivity contribution in [2.45, 2.75) is 38.9 Å². The Bertz CT molecular complexity index is 97.5. The smallest absolute Gasteiger partial charge is 0.0616 e. The van der Waals surface area contributed by atoms with E-state index in [1.54, 1.807) is 0 Å². The van der Waals surface area contributed by atoms with Gasteiger partial charge in [-0.1, -0.05) is 13.8 Å². The second-order valence-corrected chi connectivity index (χ2v) is 3.43. The van der Waals surface area contributed by atoms with Gasteiger partial charge < -0.3 is 10.2 Å². The quantitative estimate of drug-likeness (QED) is 0.502. The van der Waals surface area contributed by atoms with Crippen LogP contribution in [0.5, 0.6) is 0 Å². The number of hydrogen-bond acceptors (Lipinski definition) is 2. The molecule has 0 amide bonds. The molecule has 54 valence electrons. The van der Waals surface area contributed by atoms with Crippen LogP contribution in [-0.4, -0.2) is 22.4 Å². The second-order valence-electron chi connectivity index (χ2n) is 3.43. The van der Waals surface area contributed by atoms with E-state index in [1.807, 2.05) is 13.8 Å². The third kappa shape index (κ3) is 0.970. The molecule has 0 bridgehead atoms. The Morgan fingerprint density at radius 2 is 1.44 bits per heavy atom. The third-order valence-electron chi connectivity index (χ3n) is 2.43. The molecule has 1 aliphatic rings. The predicted octanol–water partition coefficient (Wildman–Crippen LogP) is 0.528. The summed E-state index contributed by atoms with van der Waals surface area (Å²) in [5.74, 6) is 0. The first-order chi connectivity index (χ1) is 4.05. The van der Waals surface area contributed by atoms with Crippen molar-refractivity contribution in [1.82, 2.24) is 0 Å². The van der Waals surface area contributed by atoms with Gasteiger partial charge in [0.1, 0.15) is 0 Å². The Morgan fingerprint density at radius 3 is 1.56 bits per heavy atom. The molecule has 0 aromatic carbocycles. The van der Waals surface area contributed by atoms with E-state index in [2.05, 4.69) is 0 Å². The fourth-order valence-corrected chi connectivity index (χ4v) is 1.28. The van der Waals surface area contributed by atoms with Crippen LogP contribution in [0.3, 0.4) is 0 Å². The van der Waals surface area contributed by atoms with Crippen molar-refractivity contribution in [2.75, 3.05) is 0 Å². The average Bonchev–Trinajstić information content (AvgIpc) is 1.96. The highest BCUT2D eigenvalue weighted by Gasteiger charge is 2.40. The fraction of sp³-hybridized carbons (Fsp3) is 1.00. The lowest BCUT2D eigenvalue weighted by Gasteiger charge is -2.25. The van der Waals surface area contributed by atoms with Gasteiger partial charge in [0.15, 0.2) is 0 Å². The minimum Gasteiger partial charge on any atom is -0.392 e. The minimum absolute atomic E-state index is 0.278. The molecule has 2 nitrogen and oxygen atoms in total. The third-order valence-corrected chi connectivity index (χ3v) is 2.43. The number of aliphatic hydroxyl groups is 2. The number of rotatable bonds is 0. The lowest BCUT2D eigenvalue weighted by molar-refractivity contribution is 0.00322. The highest BCUT2D eigenvalue weighted by atomic mass is 16.3. The van der Waals surface area contributed by atoms with Gasteiger partial charge in [0.2, 0.25) is 0 Å². The van der Waals surface area contributed by atoms with Gasteiger partial charge in [-0.2, -0.15) is 0 Å². The molecule has 0 radical (unpaired) electrons. The molecule has 1 aliphatic carbocycles. The monoisotopic (exact) mass is 130 g/mol. The first-order valence-corrected chi connectivity index (χ1v) is 3.41. The first kappa shape index (κ1) is 7.03. The molecule has 0 spiro atoms. The Kier molecular flexibility index (Phi) is 1.53. The molecule has 2 heteroatoms. The van der Waals surface area contributed by atoms with E-state index in [9.17, 15) is 10.2 Å². The molecule has 0 heterocycles. The van der Waals surface area contributed by atoms with Crippen LogP contribution in [-0.2, 0) is 0 Å². The normalized spacial score (nSPS) is 41.3. The topological polar surface area (TPSA) is 40.5 Å². The molecule has 1 rings (SSSR count). The van der Waals surface area contributed by atoms with Crippen molar-refractivity contribution in [3.63, 3.8) is 0 Å². The zero-order valence-corrected chi connectivity index (χ0v) is 5.96. The SMILES string of the molecule is CC1(C)[C@H](O)CC[C@@H]1O. The molecule has 0 unspecified atom stereocenters. The van der Waals surface area contributed by atoms with E-state index in [0.717, 1.165) is 12.8 Å². The average molecular weight is 130 g/mol. The van der Waals surface area contributed by atoms with E-state index in [0.29, 0.717) is 0 Å². The van der Waals surface area contributed by atoms with Crippen LogP contribution < -0.4 is 0 Å². The summed E-state index contributed by atoms with van der Waals surface area (Å²) in [5, 5.41) is 18.5.